The van der Waals surface area contributed by atoms with Gasteiger partial charge in [0, 0.05) is 26.1 Å². The SMILES string of the molecule is CCCCC(C(=O)OC)C1(O)CCOCC1. The molecule has 1 rings (SSSR count). The van der Waals surface area contributed by atoms with Crippen LogP contribution in [-0.2, 0) is 14.3 Å². The van der Waals surface area contributed by atoms with Gasteiger partial charge in [0.2, 0.25) is 0 Å². The fourth-order valence-electron chi connectivity index (χ4n) is 2.23. The van der Waals surface area contributed by atoms with E-state index in [1.54, 1.807) is 0 Å². The molecule has 0 saturated carbocycles. The summed E-state index contributed by atoms with van der Waals surface area (Å²) in [6, 6.07) is 0. The minimum Gasteiger partial charge on any atom is -0.469 e. The number of carbonyl (C=O) groups is 1. The van der Waals surface area contributed by atoms with Gasteiger partial charge in [-0.2, -0.15) is 0 Å². The van der Waals surface area contributed by atoms with Crippen molar-refractivity contribution < 1.29 is 19.4 Å². The monoisotopic (exact) mass is 230 g/mol. The summed E-state index contributed by atoms with van der Waals surface area (Å²) in [4.78, 5) is 11.7. The van der Waals surface area contributed by atoms with Crippen molar-refractivity contribution in [1.82, 2.24) is 0 Å². The lowest BCUT2D eigenvalue weighted by Gasteiger charge is -2.37. The molecule has 0 aromatic heterocycles. The van der Waals surface area contributed by atoms with E-state index in [0.717, 1.165) is 12.8 Å². The third kappa shape index (κ3) is 3.19. The van der Waals surface area contributed by atoms with Gasteiger partial charge in [-0.3, -0.25) is 4.79 Å². The summed E-state index contributed by atoms with van der Waals surface area (Å²) in [5.41, 5.74) is -0.930. The van der Waals surface area contributed by atoms with Gasteiger partial charge in [0.25, 0.3) is 0 Å². The number of hydrogen-bond acceptors (Lipinski definition) is 4. The molecule has 0 aromatic rings. The topological polar surface area (TPSA) is 55.8 Å². The van der Waals surface area contributed by atoms with Crippen LogP contribution in [0.4, 0.5) is 0 Å². The van der Waals surface area contributed by atoms with Gasteiger partial charge in [-0.1, -0.05) is 19.8 Å². The summed E-state index contributed by atoms with van der Waals surface area (Å²) in [5.74, 6) is -0.695. The number of methoxy groups -OCH3 is 1. The van der Waals surface area contributed by atoms with Crippen LogP contribution >= 0.6 is 0 Å². The third-order valence-electron chi connectivity index (χ3n) is 3.34. The van der Waals surface area contributed by atoms with E-state index in [0.29, 0.717) is 32.5 Å². The van der Waals surface area contributed by atoms with Crippen molar-refractivity contribution in [3.63, 3.8) is 0 Å². The fraction of sp³-hybridized carbons (Fsp3) is 0.917. The van der Waals surface area contributed by atoms with Gasteiger partial charge in [0.15, 0.2) is 0 Å². The maximum absolute atomic E-state index is 11.7. The normalized spacial score (nSPS) is 21.4. The molecule has 0 radical (unpaired) electrons. The number of carbonyl (C=O) groups excluding carboxylic acids is 1. The fourth-order valence-corrected chi connectivity index (χ4v) is 2.23. The first kappa shape index (κ1) is 13.5. The van der Waals surface area contributed by atoms with Gasteiger partial charge in [0.05, 0.1) is 18.6 Å². The highest BCUT2D eigenvalue weighted by atomic mass is 16.5. The smallest absolute Gasteiger partial charge is 0.311 e. The van der Waals surface area contributed by atoms with Gasteiger partial charge in [-0.25, -0.2) is 0 Å². The molecule has 1 unspecified atom stereocenters. The minimum absolute atomic E-state index is 0.294. The van der Waals surface area contributed by atoms with Crippen molar-refractivity contribution in [2.45, 2.75) is 44.6 Å². The maximum atomic E-state index is 11.7. The first-order chi connectivity index (χ1) is 7.64. The molecule has 4 heteroatoms. The number of ether oxygens (including phenoxy) is 2. The third-order valence-corrected chi connectivity index (χ3v) is 3.34. The molecule has 1 fully saturated rings. The molecule has 1 N–H and O–H groups in total. The van der Waals surface area contributed by atoms with Crippen LogP contribution in [0.15, 0.2) is 0 Å². The first-order valence-corrected chi connectivity index (χ1v) is 6.02. The average molecular weight is 230 g/mol. The molecular weight excluding hydrogens is 208 g/mol. The number of aliphatic hydroxyl groups is 1. The van der Waals surface area contributed by atoms with Crippen LogP contribution in [0, 0.1) is 5.92 Å². The highest BCUT2D eigenvalue weighted by Gasteiger charge is 2.42. The van der Waals surface area contributed by atoms with Crippen molar-refractivity contribution in [2.75, 3.05) is 20.3 Å². The zero-order valence-electron chi connectivity index (χ0n) is 10.2. The van der Waals surface area contributed by atoms with Gasteiger partial charge in [0.1, 0.15) is 0 Å². The van der Waals surface area contributed by atoms with Gasteiger partial charge in [-0.05, 0) is 6.42 Å². The van der Waals surface area contributed by atoms with Crippen molar-refractivity contribution in [2.24, 2.45) is 5.92 Å². The lowest BCUT2D eigenvalue weighted by molar-refractivity contribution is -0.164. The Morgan fingerprint density at radius 2 is 2.12 bits per heavy atom. The van der Waals surface area contributed by atoms with E-state index in [1.807, 2.05) is 0 Å². The summed E-state index contributed by atoms with van der Waals surface area (Å²) < 4.78 is 10.0. The van der Waals surface area contributed by atoms with Crippen LogP contribution < -0.4 is 0 Å². The molecule has 16 heavy (non-hydrogen) atoms. The Labute approximate surface area is 96.9 Å². The Morgan fingerprint density at radius 1 is 1.50 bits per heavy atom. The van der Waals surface area contributed by atoms with Crippen LogP contribution in [-0.4, -0.2) is 37.0 Å². The number of unbranched alkanes of at least 4 members (excludes halogenated alkanes) is 1. The van der Waals surface area contributed by atoms with Crippen LogP contribution in [0.3, 0.4) is 0 Å². The van der Waals surface area contributed by atoms with Gasteiger partial charge >= 0.3 is 5.97 Å². The van der Waals surface area contributed by atoms with Gasteiger partial charge < -0.3 is 14.6 Å². The molecule has 94 valence electrons. The van der Waals surface area contributed by atoms with Crippen molar-refractivity contribution in [3.8, 4) is 0 Å². The van der Waals surface area contributed by atoms with Crippen molar-refractivity contribution in [3.05, 3.63) is 0 Å². The second-order valence-corrected chi connectivity index (χ2v) is 4.43. The summed E-state index contributed by atoms with van der Waals surface area (Å²) in [7, 11) is 1.38. The van der Waals surface area contributed by atoms with Crippen LogP contribution in [0.1, 0.15) is 39.0 Å². The van der Waals surface area contributed by atoms with Crippen LogP contribution in [0.25, 0.3) is 0 Å². The molecule has 0 aliphatic carbocycles. The molecule has 1 aliphatic rings. The Kier molecular flexibility index (Phi) is 5.22. The second kappa shape index (κ2) is 6.21. The highest BCUT2D eigenvalue weighted by molar-refractivity contribution is 5.73. The minimum atomic E-state index is -0.930. The second-order valence-electron chi connectivity index (χ2n) is 4.43. The molecular formula is C12H22O4. The van der Waals surface area contributed by atoms with E-state index in [1.165, 1.54) is 7.11 Å². The van der Waals surface area contributed by atoms with E-state index in [-0.39, 0.29) is 5.97 Å². The van der Waals surface area contributed by atoms with E-state index in [2.05, 4.69) is 6.92 Å². The lowest BCUT2D eigenvalue weighted by atomic mass is 9.78. The number of rotatable bonds is 5. The highest BCUT2D eigenvalue weighted by Crippen LogP contribution is 2.33. The Morgan fingerprint density at radius 3 is 2.62 bits per heavy atom. The molecule has 0 bridgehead atoms. The van der Waals surface area contributed by atoms with Crippen LogP contribution in [0.2, 0.25) is 0 Å². The van der Waals surface area contributed by atoms with E-state index in [4.69, 9.17) is 9.47 Å². The number of hydrogen-bond donors (Lipinski definition) is 1. The van der Waals surface area contributed by atoms with E-state index < -0.39 is 11.5 Å². The molecule has 1 saturated heterocycles. The van der Waals surface area contributed by atoms with Crippen LogP contribution in [0.5, 0.6) is 0 Å². The Bertz CT molecular complexity index is 221. The molecule has 1 atom stereocenters. The standard InChI is InChI=1S/C12H22O4/c1-3-4-5-10(11(13)15-2)12(14)6-8-16-9-7-12/h10,14H,3-9H2,1-2H3. The predicted molar refractivity (Wildman–Crippen MR) is 60.0 cm³/mol. The van der Waals surface area contributed by atoms with Gasteiger partial charge in [-0.15, -0.1) is 0 Å². The summed E-state index contributed by atoms with van der Waals surface area (Å²) in [6.45, 7) is 3.12. The molecule has 1 heterocycles. The average Bonchev–Trinajstić information content (AvgIpc) is 2.30. The number of esters is 1. The zero-order chi connectivity index (χ0) is 12.0. The van der Waals surface area contributed by atoms with E-state index >= 15 is 0 Å². The Hall–Kier alpha value is -0.610. The summed E-state index contributed by atoms with van der Waals surface area (Å²) in [6.07, 6.45) is 3.69. The molecule has 0 spiro atoms. The van der Waals surface area contributed by atoms with E-state index in [9.17, 15) is 9.90 Å². The lowest BCUT2D eigenvalue weighted by Crippen LogP contribution is -2.47. The van der Waals surface area contributed by atoms with Crippen molar-refractivity contribution in [1.29, 1.82) is 0 Å². The van der Waals surface area contributed by atoms with Crippen molar-refractivity contribution >= 4 is 5.97 Å². The molecule has 1 aliphatic heterocycles. The zero-order valence-corrected chi connectivity index (χ0v) is 10.2. The predicted octanol–water partition coefficient (Wildman–Crippen LogP) is 1.51. The molecule has 0 aromatic carbocycles. The molecule has 4 nitrogen and oxygen atoms in total. The molecule has 0 amide bonds. The first-order valence-electron chi connectivity index (χ1n) is 6.02. The largest absolute Gasteiger partial charge is 0.469 e. The summed E-state index contributed by atoms with van der Waals surface area (Å²) in [5, 5.41) is 10.5. The quantitative estimate of drug-likeness (QED) is 0.727. The summed E-state index contributed by atoms with van der Waals surface area (Å²) >= 11 is 0. The maximum Gasteiger partial charge on any atom is 0.311 e. The Balaban J connectivity index is 2.68.